The van der Waals surface area contributed by atoms with Gasteiger partial charge in [0.25, 0.3) is 0 Å². The first-order chi connectivity index (χ1) is 5.57. The lowest BCUT2D eigenvalue weighted by Crippen LogP contribution is -1.93. The quantitative estimate of drug-likeness (QED) is 0.537. The van der Waals surface area contributed by atoms with Crippen molar-refractivity contribution in [2.45, 2.75) is 5.88 Å². The summed E-state index contributed by atoms with van der Waals surface area (Å²) in [5.41, 5.74) is 0.128. The van der Waals surface area contributed by atoms with Crippen molar-refractivity contribution >= 4 is 43.5 Å². The van der Waals surface area contributed by atoms with Gasteiger partial charge in [0, 0.05) is 5.56 Å². The molecule has 0 unspecified atom stereocenters. The van der Waals surface area contributed by atoms with Crippen LogP contribution in [0, 0.1) is 11.6 Å². The van der Waals surface area contributed by atoms with Crippen LogP contribution in [0.2, 0.25) is 0 Å². The highest BCUT2D eigenvalue weighted by Gasteiger charge is 2.14. The van der Waals surface area contributed by atoms with E-state index in [0.717, 1.165) is 6.07 Å². The molecule has 0 aromatic heterocycles. The van der Waals surface area contributed by atoms with Crippen LogP contribution in [0.15, 0.2) is 15.0 Å². The van der Waals surface area contributed by atoms with E-state index in [1.165, 1.54) is 0 Å². The molecule has 1 aromatic rings. The van der Waals surface area contributed by atoms with Crippen molar-refractivity contribution in [2.75, 3.05) is 0 Å². The highest BCUT2D eigenvalue weighted by Crippen LogP contribution is 2.30. The third-order valence-corrected chi connectivity index (χ3v) is 3.04. The molecule has 0 atom stereocenters. The molecule has 0 bridgehead atoms. The van der Waals surface area contributed by atoms with Crippen molar-refractivity contribution in [1.29, 1.82) is 0 Å². The Kier molecular flexibility index (Phi) is 3.49. The van der Waals surface area contributed by atoms with Crippen LogP contribution < -0.4 is 0 Å². The predicted molar refractivity (Wildman–Crippen MR) is 51.3 cm³/mol. The van der Waals surface area contributed by atoms with Crippen LogP contribution in [0.5, 0.6) is 0 Å². The molecular weight excluding hydrogens is 317 g/mol. The van der Waals surface area contributed by atoms with E-state index in [1.54, 1.807) is 0 Å². The summed E-state index contributed by atoms with van der Waals surface area (Å²) in [6, 6.07) is 1.05. The maximum Gasteiger partial charge on any atom is 0.143 e. The molecular formula is C7H3Br2ClF2. The second kappa shape index (κ2) is 4.03. The van der Waals surface area contributed by atoms with Gasteiger partial charge in [-0.05, 0) is 37.9 Å². The SMILES string of the molecule is Fc1cc(Br)c(F)c(CCl)c1Br. The molecule has 66 valence electrons. The van der Waals surface area contributed by atoms with E-state index in [-0.39, 0.29) is 20.4 Å². The zero-order valence-corrected chi connectivity index (χ0v) is 9.60. The lowest BCUT2D eigenvalue weighted by molar-refractivity contribution is 0.579. The number of hydrogen-bond acceptors (Lipinski definition) is 0. The van der Waals surface area contributed by atoms with Crippen LogP contribution in [0.25, 0.3) is 0 Å². The van der Waals surface area contributed by atoms with Crippen LogP contribution in [0.1, 0.15) is 5.56 Å². The Bertz CT molecular complexity index is 289. The Balaban J connectivity index is 3.42. The van der Waals surface area contributed by atoms with Crippen LogP contribution in [-0.2, 0) is 5.88 Å². The fourth-order valence-corrected chi connectivity index (χ4v) is 2.02. The largest absolute Gasteiger partial charge is 0.206 e. The second-order valence-electron chi connectivity index (χ2n) is 2.08. The molecule has 0 aliphatic carbocycles. The van der Waals surface area contributed by atoms with Gasteiger partial charge in [-0.2, -0.15) is 0 Å². The van der Waals surface area contributed by atoms with Crippen LogP contribution in [-0.4, -0.2) is 0 Å². The highest BCUT2D eigenvalue weighted by molar-refractivity contribution is 9.11. The smallest absolute Gasteiger partial charge is 0.143 e. The molecule has 0 N–H and O–H groups in total. The fourth-order valence-electron chi connectivity index (χ4n) is 0.740. The van der Waals surface area contributed by atoms with Crippen molar-refractivity contribution in [3.8, 4) is 0 Å². The van der Waals surface area contributed by atoms with E-state index in [2.05, 4.69) is 31.9 Å². The third kappa shape index (κ3) is 1.80. The zero-order chi connectivity index (χ0) is 9.30. The predicted octanol–water partition coefficient (Wildman–Crippen LogP) is 4.23. The second-order valence-corrected chi connectivity index (χ2v) is 3.99. The maximum absolute atomic E-state index is 13.1. The first kappa shape index (κ1) is 10.4. The minimum absolute atomic E-state index is 0.0667. The van der Waals surface area contributed by atoms with Gasteiger partial charge in [0.05, 0.1) is 14.8 Å². The van der Waals surface area contributed by atoms with Gasteiger partial charge in [-0.3, -0.25) is 0 Å². The molecule has 0 fully saturated rings. The van der Waals surface area contributed by atoms with Gasteiger partial charge < -0.3 is 0 Å². The lowest BCUT2D eigenvalue weighted by atomic mass is 10.2. The van der Waals surface area contributed by atoms with E-state index in [0.29, 0.717) is 0 Å². The average Bonchev–Trinajstić information content (AvgIpc) is 2.02. The molecule has 0 amide bonds. The van der Waals surface area contributed by atoms with Crippen LogP contribution in [0.4, 0.5) is 8.78 Å². The molecule has 0 saturated carbocycles. The van der Waals surface area contributed by atoms with Gasteiger partial charge in [-0.1, -0.05) is 0 Å². The van der Waals surface area contributed by atoms with Gasteiger partial charge in [-0.25, -0.2) is 8.78 Å². The molecule has 1 rings (SSSR count). The number of rotatable bonds is 1. The Morgan fingerprint density at radius 3 is 2.42 bits per heavy atom. The van der Waals surface area contributed by atoms with Gasteiger partial charge in [0.2, 0.25) is 0 Å². The van der Waals surface area contributed by atoms with Crippen LogP contribution >= 0.6 is 43.5 Å². The molecule has 0 aliphatic heterocycles. The van der Waals surface area contributed by atoms with E-state index in [1.807, 2.05) is 0 Å². The molecule has 0 saturated heterocycles. The van der Waals surface area contributed by atoms with Gasteiger partial charge in [0.1, 0.15) is 11.6 Å². The first-order valence-electron chi connectivity index (χ1n) is 2.95. The number of halogens is 5. The zero-order valence-electron chi connectivity index (χ0n) is 5.67. The molecule has 0 spiro atoms. The van der Waals surface area contributed by atoms with E-state index < -0.39 is 11.6 Å². The number of alkyl halides is 1. The van der Waals surface area contributed by atoms with Crippen LogP contribution in [0.3, 0.4) is 0 Å². The first-order valence-corrected chi connectivity index (χ1v) is 5.07. The molecule has 1 aromatic carbocycles. The summed E-state index contributed by atoms with van der Waals surface area (Å²) in [5, 5.41) is 0. The minimum Gasteiger partial charge on any atom is -0.206 e. The molecule has 5 heteroatoms. The third-order valence-electron chi connectivity index (χ3n) is 1.34. The summed E-state index contributed by atoms with van der Waals surface area (Å²) in [7, 11) is 0. The Hall–Kier alpha value is 0.330. The molecule has 12 heavy (non-hydrogen) atoms. The molecule has 0 radical (unpaired) electrons. The standard InChI is InChI=1S/C7H3Br2ClF2/c8-4-1-5(11)6(9)3(2-10)7(4)12/h1H,2H2. The summed E-state index contributed by atoms with van der Waals surface area (Å²) in [6.07, 6.45) is 0. The maximum atomic E-state index is 13.1. The van der Waals surface area contributed by atoms with Crippen molar-refractivity contribution in [1.82, 2.24) is 0 Å². The lowest BCUT2D eigenvalue weighted by Gasteiger charge is -2.04. The number of benzene rings is 1. The fraction of sp³-hybridized carbons (Fsp3) is 0.143. The van der Waals surface area contributed by atoms with Crippen molar-refractivity contribution in [3.05, 3.63) is 32.2 Å². The summed E-state index contributed by atoms with van der Waals surface area (Å²) >= 11 is 11.2. The van der Waals surface area contributed by atoms with Gasteiger partial charge >= 0.3 is 0 Å². The van der Waals surface area contributed by atoms with E-state index in [4.69, 9.17) is 11.6 Å². The normalized spacial score (nSPS) is 10.4. The van der Waals surface area contributed by atoms with E-state index >= 15 is 0 Å². The average molecular weight is 320 g/mol. The highest BCUT2D eigenvalue weighted by atomic mass is 79.9. The topological polar surface area (TPSA) is 0 Å². The summed E-state index contributed by atoms with van der Waals surface area (Å²) in [6.45, 7) is 0. The minimum atomic E-state index is -0.529. The van der Waals surface area contributed by atoms with Crippen molar-refractivity contribution in [2.24, 2.45) is 0 Å². The monoisotopic (exact) mass is 318 g/mol. The van der Waals surface area contributed by atoms with Crippen molar-refractivity contribution < 1.29 is 8.78 Å². The summed E-state index contributed by atoms with van der Waals surface area (Å²) in [4.78, 5) is 0. The molecule has 0 aliphatic rings. The Morgan fingerprint density at radius 1 is 1.33 bits per heavy atom. The molecule has 0 heterocycles. The summed E-state index contributed by atoms with van der Waals surface area (Å²) < 4.78 is 26.2. The Morgan fingerprint density at radius 2 is 1.92 bits per heavy atom. The summed E-state index contributed by atoms with van der Waals surface area (Å²) in [5.74, 6) is -1.12. The molecule has 0 nitrogen and oxygen atoms in total. The Labute approximate surface area is 90.2 Å². The van der Waals surface area contributed by atoms with E-state index in [9.17, 15) is 8.78 Å². The number of hydrogen-bond donors (Lipinski definition) is 0. The van der Waals surface area contributed by atoms with Crippen molar-refractivity contribution in [3.63, 3.8) is 0 Å². The van der Waals surface area contributed by atoms with Gasteiger partial charge in [0.15, 0.2) is 0 Å². The van der Waals surface area contributed by atoms with Gasteiger partial charge in [-0.15, -0.1) is 11.6 Å².